The largest absolute Gasteiger partial charge is 0.328 e. The molecule has 0 saturated heterocycles. The maximum absolute atomic E-state index is 8.64. The summed E-state index contributed by atoms with van der Waals surface area (Å²) in [5.41, 5.74) is 7.31. The molecule has 0 unspecified atom stereocenters. The molecular weight excluding hydrogens is 196 g/mol. The van der Waals surface area contributed by atoms with E-state index in [4.69, 9.17) is 22.6 Å². The van der Waals surface area contributed by atoms with Crippen molar-refractivity contribution in [2.45, 2.75) is 25.8 Å². The van der Waals surface area contributed by atoms with E-state index in [1.807, 2.05) is 13.0 Å². The molecule has 1 aromatic rings. The summed E-state index contributed by atoms with van der Waals surface area (Å²) in [6, 6.07) is 7.60. The quantitative estimate of drug-likeness (QED) is 0.830. The van der Waals surface area contributed by atoms with Gasteiger partial charge in [0, 0.05) is 11.1 Å². The number of halogens is 1. The molecule has 0 heterocycles. The van der Waals surface area contributed by atoms with E-state index in [-0.39, 0.29) is 6.04 Å². The molecule has 0 bridgehead atoms. The van der Waals surface area contributed by atoms with Crippen molar-refractivity contribution >= 4 is 11.6 Å². The van der Waals surface area contributed by atoms with Crippen LogP contribution in [0.3, 0.4) is 0 Å². The highest BCUT2D eigenvalue weighted by atomic mass is 35.5. The van der Waals surface area contributed by atoms with Gasteiger partial charge in [-0.15, -0.1) is 0 Å². The Kier molecular flexibility index (Phi) is 3.94. The lowest BCUT2D eigenvalue weighted by atomic mass is 10.1. The molecule has 1 aromatic carbocycles. The molecule has 0 radical (unpaired) electrons. The van der Waals surface area contributed by atoms with E-state index < -0.39 is 0 Å². The number of nitriles is 1. The van der Waals surface area contributed by atoms with E-state index in [2.05, 4.69) is 6.07 Å². The predicted molar refractivity (Wildman–Crippen MR) is 58.1 cm³/mol. The number of nitrogens with zero attached hydrogens (tertiary/aromatic N) is 1. The first-order valence-electron chi connectivity index (χ1n) is 4.57. The first kappa shape index (κ1) is 11.0. The standard InChI is InChI=1S/C11H13ClN2/c1-8(14)2-4-10-5-3-9(7-13)6-11(10)12/h3,5-6,8H,2,4,14H2,1H3/t8-/m0/s1. The number of hydrogen-bond acceptors (Lipinski definition) is 2. The molecule has 14 heavy (non-hydrogen) atoms. The lowest BCUT2D eigenvalue weighted by Crippen LogP contribution is -2.15. The van der Waals surface area contributed by atoms with E-state index in [1.165, 1.54) is 0 Å². The highest BCUT2D eigenvalue weighted by Crippen LogP contribution is 2.19. The van der Waals surface area contributed by atoms with Crippen LogP contribution in [-0.2, 0) is 6.42 Å². The fraction of sp³-hybridized carbons (Fsp3) is 0.364. The van der Waals surface area contributed by atoms with Crippen LogP contribution in [0.1, 0.15) is 24.5 Å². The zero-order chi connectivity index (χ0) is 10.6. The molecule has 0 amide bonds. The molecule has 0 aliphatic carbocycles. The number of aryl methyl sites for hydroxylation is 1. The molecule has 1 atom stereocenters. The van der Waals surface area contributed by atoms with Gasteiger partial charge in [0.1, 0.15) is 0 Å². The van der Waals surface area contributed by atoms with Gasteiger partial charge in [0.15, 0.2) is 0 Å². The van der Waals surface area contributed by atoms with Crippen molar-refractivity contribution in [3.8, 4) is 6.07 Å². The Balaban J connectivity index is 2.75. The van der Waals surface area contributed by atoms with Crippen LogP contribution in [0.15, 0.2) is 18.2 Å². The van der Waals surface area contributed by atoms with Crippen molar-refractivity contribution in [3.63, 3.8) is 0 Å². The first-order valence-corrected chi connectivity index (χ1v) is 4.95. The Morgan fingerprint density at radius 3 is 2.79 bits per heavy atom. The third kappa shape index (κ3) is 3.02. The van der Waals surface area contributed by atoms with Gasteiger partial charge in [0.25, 0.3) is 0 Å². The summed E-state index contributed by atoms with van der Waals surface area (Å²) in [7, 11) is 0. The van der Waals surface area contributed by atoms with Crippen LogP contribution in [0, 0.1) is 11.3 Å². The van der Waals surface area contributed by atoms with Gasteiger partial charge >= 0.3 is 0 Å². The third-order valence-electron chi connectivity index (χ3n) is 2.05. The molecule has 3 heteroatoms. The van der Waals surface area contributed by atoms with Gasteiger partial charge in [0.2, 0.25) is 0 Å². The Bertz CT molecular complexity index is 353. The van der Waals surface area contributed by atoms with Crippen LogP contribution in [0.25, 0.3) is 0 Å². The van der Waals surface area contributed by atoms with Gasteiger partial charge in [-0.2, -0.15) is 5.26 Å². The average molecular weight is 209 g/mol. The van der Waals surface area contributed by atoms with Gasteiger partial charge < -0.3 is 5.73 Å². The molecule has 0 fully saturated rings. The highest BCUT2D eigenvalue weighted by Gasteiger charge is 2.03. The number of rotatable bonds is 3. The van der Waals surface area contributed by atoms with Gasteiger partial charge in [-0.1, -0.05) is 17.7 Å². The summed E-state index contributed by atoms with van der Waals surface area (Å²) in [6.07, 6.45) is 1.77. The lowest BCUT2D eigenvalue weighted by Gasteiger charge is -2.06. The van der Waals surface area contributed by atoms with E-state index in [0.717, 1.165) is 18.4 Å². The van der Waals surface area contributed by atoms with Crippen LogP contribution in [0.5, 0.6) is 0 Å². The summed E-state index contributed by atoms with van der Waals surface area (Å²) < 4.78 is 0. The fourth-order valence-electron chi connectivity index (χ4n) is 1.20. The molecular formula is C11H13ClN2. The van der Waals surface area contributed by atoms with E-state index in [0.29, 0.717) is 10.6 Å². The van der Waals surface area contributed by atoms with Crippen molar-refractivity contribution < 1.29 is 0 Å². The first-order chi connectivity index (χ1) is 6.63. The molecule has 2 N–H and O–H groups in total. The maximum atomic E-state index is 8.64. The van der Waals surface area contributed by atoms with Crippen LogP contribution >= 0.6 is 11.6 Å². The van der Waals surface area contributed by atoms with Gasteiger partial charge in [-0.3, -0.25) is 0 Å². The topological polar surface area (TPSA) is 49.8 Å². The summed E-state index contributed by atoms with van der Waals surface area (Å²) in [4.78, 5) is 0. The molecule has 0 spiro atoms. The third-order valence-corrected chi connectivity index (χ3v) is 2.40. The van der Waals surface area contributed by atoms with Crippen LogP contribution in [0.2, 0.25) is 5.02 Å². The second-order valence-electron chi connectivity index (χ2n) is 3.43. The van der Waals surface area contributed by atoms with E-state index in [1.54, 1.807) is 12.1 Å². The second kappa shape index (κ2) is 4.99. The monoisotopic (exact) mass is 208 g/mol. The van der Waals surface area contributed by atoms with Crippen LogP contribution < -0.4 is 5.73 Å². The molecule has 0 aliphatic heterocycles. The lowest BCUT2D eigenvalue weighted by molar-refractivity contribution is 0.666. The predicted octanol–water partition coefficient (Wildman–Crippen LogP) is 2.49. The maximum Gasteiger partial charge on any atom is 0.0992 e. The molecule has 0 aromatic heterocycles. The van der Waals surface area contributed by atoms with Crippen molar-refractivity contribution in [1.82, 2.24) is 0 Å². The normalized spacial score (nSPS) is 12.1. The fourth-order valence-corrected chi connectivity index (χ4v) is 1.48. The summed E-state index contributed by atoms with van der Waals surface area (Å²) >= 11 is 6.00. The van der Waals surface area contributed by atoms with Gasteiger partial charge in [-0.05, 0) is 37.5 Å². The molecule has 0 saturated carbocycles. The van der Waals surface area contributed by atoms with Crippen LogP contribution in [0.4, 0.5) is 0 Å². The number of benzene rings is 1. The summed E-state index contributed by atoms with van der Waals surface area (Å²) in [5.74, 6) is 0. The zero-order valence-electron chi connectivity index (χ0n) is 8.13. The SMILES string of the molecule is C[C@H](N)CCc1ccc(C#N)cc1Cl. The Morgan fingerprint density at radius 2 is 2.29 bits per heavy atom. The Morgan fingerprint density at radius 1 is 1.57 bits per heavy atom. The van der Waals surface area contributed by atoms with E-state index in [9.17, 15) is 0 Å². The number of hydrogen-bond donors (Lipinski definition) is 1. The van der Waals surface area contributed by atoms with Gasteiger partial charge in [-0.25, -0.2) is 0 Å². The Hall–Kier alpha value is -1.04. The minimum atomic E-state index is 0.182. The number of nitrogens with two attached hydrogens (primary N) is 1. The average Bonchev–Trinajstić information content (AvgIpc) is 2.15. The van der Waals surface area contributed by atoms with Crippen LogP contribution in [-0.4, -0.2) is 6.04 Å². The Labute approximate surface area is 89.3 Å². The molecule has 0 aliphatic rings. The molecule has 74 valence electrons. The molecule has 1 rings (SSSR count). The zero-order valence-corrected chi connectivity index (χ0v) is 8.88. The van der Waals surface area contributed by atoms with Crippen molar-refractivity contribution in [3.05, 3.63) is 34.3 Å². The highest BCUT2D eigenvalue weighted by molar-refractivity contribution is 6.31. The van der Waals surface area contributed by atoms with Crippen molar-refractivity contribution in [2.24, 2.45) is 5.73 Å². The summed E-state index contributed by atoms with van der Waals surface area (Å²) in [5, 5.41) is 9.30. The smallest absolute Gasteiger partial charge is 0.0992 e. The van der Waals surface area contributed by atoms with Crippen molar-refractivity contribution in [2.75, 3.05) is 0 Å². The van der Waals surface area contributed by atoms with Crippen molar-refractivity contribution in [1.29, 1.82) is 5.26 Å². The minimum Gasteiger partial charge on any atom is -0.328 e. The molecule has 2 nitrogen and oxygen atoms in total. The second-order valence-corrected chi connectivity index (χ2v) is 3.84. The summed E-state index contributed by atoms with van der Waals surface area (Å²) in [6.45, 7) is 1.97. The van der Waals surface area contributed by atoms with Gasteiger partial charge in [0.05, 0.1) is 11.6 Å². The van der Waals surface area contributed by atoms with E-state index >= 15 is 0 Å². The minimum absolute atomic E-state index is 0.182.